The molecule has 0 saturated carbocycles. The zero-order valence-corrected chi connectivity index (χ0v) is 11.7. The normalized spacial score (nSPS) is 11.6. The van der Waals surface area contributed by atoms with E-state index in [4.69, 9.17) is 5.73 Å². The summed E-state index contributed by atoms with van der Waals surface area (Å²) >= 11 is 0. The van der Waals surface area contributed by atoms with Crippen LogP contribution in [0.25, 0.3) is 11.1 Å². The van der Waals surface area contributed by atoms with Crippen molar-refractivity contribution in [2.24, 2.45) is 5.73 Å². The van der Waals surface area contributed by atoms with Crippen LogP contribution < -0.4 is 16.0 Å². The molecule has 0 spiro atoms. The molecule has 0 aliphatic heterocycles. The van der Waals surface area contributed by atoms with Crippen LogP contribution in [0.5, 0.6) is 5.75 Å². The van der Waals surface area contributed by atoms with Crippen LogP contribution in [0, 0.1) is 0 Å². The summed E-state index contributed by atoms with van der Waals surface area (Å²) in [5.41, 5.74) is 1.02. The Balaban J connectivity index is 2.61. The zero-order chi connectivity index (χ0) is 18.1. The Morgan fingerprint density at radius 2 is 1.75 bits per heavy atom. The lowest BCUT2D eigenvalue weighted by atomic mass is 10.0. The van der Waals surface area contributed by atoms with Crippen LogP contribution in [0.4, 0.5) is 22.0 Å². The van der Waals surface area contributed by atoms with Crippen molar-refractivity contribution in [2.45, 2.75) is 12.8 Å². The average Bonchev–Trinajstić information content (AvgIpc) is 2.46. The maximum Gasteiger partial charge on any atom is 0.431 e. The first-order chi connectivity index (χ1) is 11.1. The van der Waals surface area contributed by atoms with Crippen LogP contribution in [0.3, 0.4) is 0 Å². The molecule has 128 valence electrons. The minimum atomic E-state index is -4.91. The van der Waals surface area contributed by atoms with Gasteiger partial charge in [0.05, 0.1) is 0 Å². The maximum atomic E-state index is 13.1. The van der Waals surface area contributed by atoms with E-state index in [9.17, 15) is 31.5 Å². The summed E-state index contributed by atoms with van der Waals surface area (Å²) in [5.74, 6) is -1.47. The van der Waals surface area contributed by atoms with Gasteiger partial charge in [-0.2, -0.15) is 22.0 Å². The molecule has 0 unspecified atom stereocenters. The van der Waals surface area contributed by atoms with E-state index < -0.39 is 41.1 Å². The van der Waals surface area contributed by atoms with Crippen molar-refractivity contribution in [1.29, 1.82) is 0 Å². The summed E-state index contributed by atoms with van der Waals surface area (Å²) in [4.78, 5) is 24.3. The Morgan fingerprint density at radius 3 is 2.21 bits per heavy atom. The fourth-order valence-electron chi connectivity index (χ4n) is 1.98. The van der Waals surface area contributed by atoms with Crippen LogP contribution in [-0.2, 0) is 6.18 Å². The number of nitrogens with two attached hydrogens (primary N) is 1. The standard InChI is InChI=1S/C14H9F5N2O3/c15-13(16)24-7-3-1-6(2-4-7)8-5-9(11(20)22)12(23)21-10(8)14(17,18)19/h1-5,13H,(H2,20,22)(H,21,23). The van der Waals surface area contributed by atoms with E-state index in [-0.39, 0.29) is 11.3 Å². The number of alkyl halides is 5. The number of nitrogens with one attached hydrogen (secondary N) is 1. The highest BCUT2D eigenvalue weighted by Crippen LogP contribution is 2.35. The number of hydrogen-bond donors (Lipinski definition) is 2. The van der Waals surface area contributed by atoms with Crippen LogP contribution in [0.15, 0.2) is 35.1 Å². The van der Waals surface area contributed by atoms with Gasteiger partial charge in [0.2, 0.25) is 0 Å². The first kappa shape index (κ1) is 17.4. The largest absolute Gasteiger partial charge is 0.435 e. The van der Waals surface area contributed by atoms with Crippen molar-refractivity contribution in [1.82, 2.24) is 4.98 Å². The molecule has 5 nitrogen and oxygen atoms in total. The highest BCUT2D eigenvalue weighted by Gasteiger charge is 2.36. The molecular weight excluding hydrogens is 339 g/mol. The SMILES string of the molecule is NC(=O)c1cc(-c2ccc(OC(F)F)cc2)c(C(F)(F)F)[nH]c1=O. The third-order valence-corrected chi connectivity index (χ3v) is 2.98. The second-order valence-electron chi connectivity index (χ2n) is 4.57. The number of halogens is 5. The molecule has 1 amide bonds. The predicted molar refractivity (Wildman–Crippen MR) is 72.7 cm³/mol. The number of pyridine rings is 1. The summed E-state index contributed by atoms with van der Waals surface area (Å²) in [7, 11) is 0. The van der Waals surface area contributed by atoms with E-state index in [1.165, 1.54) is 0 Å². The monoisotopic (exact) mass is 348 g/mol. The molecular formula is C14H9F5N2O3. The highest BCUT2D eigenvalue weighted by molar-refractivity contribution is 5.93. The predicted octanol–water partition coefficient (Wildman–Crippen LogP) is 2.76. The third kappa shape index (κ3) is 3.70. The lowest BCUT2D eigenvalue weighted by Crippen LogP contribution is -2.27. The number of rotatable bonds is 4. The summed E-state index contributed by atoms with van der Waals surface area (Å²) in [6.07, 6.45) is -4.91. The van der Waals surface area contributed by atoms with E-state index in [0.29, 0.717) is 6.07 Å². The van der Waals surface area contributed by atoms with E-state index in [0.717, 1.165) is 24.3 Å². The lowest BCUT2D eigenvalue weighted by molar-refractivity contribution is -0.140. The minimum absolute atomic E-state index is 0.0808. The van der Waals surface area contributed by atoms with Crippen LogP contribution >= 0.6 is 0 Å². The number of ether oxygens (including phenoxy) is 1. The van der Waals surface area contributed by atoms with Crippen molar-refractivity contribution < 1.29 is 31.5 Å². The van der Waals surface area contributed by atoms with Gasteiger partial charge in [0, 0.05) is 5.56 Å². The first-order valence-electron chi connectivity index (χ1n) is 6.29. The van der Waals surface area contributed by atoms with Gasteiger partial charge >= 0.3 is 12.8 Å². The van der Waals surface area contributed by atoms with Crippen molar-refractivity contribution >= 4 is 5.91 Å². The van der Waals surface area contributed by atoms with Crippen molar-refractivity contribution in [3.05, 3.63) is 51.9 Å². The van der Waals surface area contributed by atoms with Gasteiger partial charge < -0.3 is 15.5 Å². The number of benzene rings is 1. The quantitative estimate of drug-likeness (QED) is 0.833. The topological polar surface area (TPSA) is 85.2 Å². The molecule has 24 heavy (non-hydrogen) atoms. The number of carbonyl (C=O) groups is 1. The van der Waals surface area contributed by atoms with Crippen LogP contribution in [-0.4, -0.2) is 17.5 Å². The van der Waals surface area contributed by atoms with E-state index in [2.05, 4.69) is 4.74 Å². The van der Waals surface area contributed by atoms with E-state index in [1.54, 1.807) is 4.98 Å². The van der Waals surface area contributed by atoms with E-state index >= 15 is 0 Å². The summed E-state index contributed by atoms with van der Waals surface area (Å²) in [6, 6.07) is 4.90. The number of carbonyl (C=O) groups excluding carboxylic acids is 1. The van der Waals surface area contributed by atoms with Crippen molar-refractivity contribution in [3.8, 4) is 16.9 Å². The van der Waals surface area contributed by atoms with Gasteiger partial charge in [0.1, 0.15) is 17.0 Å². The van der Waals surface area contributed by atoms with Gasteiger partial charge in [0.15, 0.2) is 0 Å². The van der Waals surface area contributed by atoms with Gasteiger partial charge in [-0.25, -0.2) is 0 Å². The molecule has 0 radical (unpaired) electrons. The molecule has 0 saturated heterocycles. The molecule has 0 aliphatic rings. The Bertz CT molecular complexity index is 813. The van der Waals surface area contributed by atoms with Gasteiger partial charge in [-0.3, -0.25) is 9.59 Å². The molecule has 0 bridgehead atoms. The molecule has 1 aromatic carbocycles. The Hall–Kier alpha value is -2.91. The number of aromatic amines is 1. The molecule has 1 aromatic heterocycles. The number of aromatic nitrogens is 1. The highest BCUT2D eigenvalue weighted by atomic mass is 19.4. The second kappa shape index (κ2) is 6.30. The van der Waals surface area contributed by atoms with Gasteiger partial charge in [-0.15, -0.1) is 0 Å². The zero-order valence-electron chi connectivity index (χ0n) is 11.7. The van der Waals surface area contributed by atoms with Gasteiger partial charge in [0.25, 0.3) is 11.5 Å². The molecule has 0 fully saturated rings. The van der Waals surface area contributed by atoms with Gasteiger partial charge in [-0.05, 0) is 23.8 Å². The lowest BCUT2D eigenvalue weighted by Gasteiger charge is -2.14. The maximum absolute atomic E-state index is 13.1. The molecule has 2 aromatic rings. The first-order valence-corrected chi connectivity index (χ1v) is 6.29. The fraction of sp³-hybridized carbons (Fsp3) is 0.143. The second-order valence-corrected chi connectivity index (χ2v) is 4.57. The fourth-order valence-corrected chi connectivity index (χ4v) is 1.98. The summed E-state index contributed by atoms with van der Waals surface area (Å²) in [6.45, 7) is -3.09. The minimum Gasteiger partial charge on any atom is -0.435 e. The Morgan fingerprint density at radius 1 is 1.17 bits per heavy atom. The summed E-state index contributed by atoms with van der Waals surface area (Å²) in [5, 5.41) is 0. The van der Waals surface area contributed by atoms with Gasteiger partial charge in [-0.1, -0.05) is 12.1 Å². The molecule has 0 atom stereocenters. The number of H-pyrrole nitrogens is 1. The van der Waals surface area contributed by atoms with E-state index in [1.807, 2.05) is 0 Å². The number of primary amides is 1. The molecule has 3 N–H and O–H groups in total. The number of amides is 1. The van der Waals surface area contributed by atoms with Crippen molar-refractivity contribution in [3.63, 3.8) is 0 Å². The van der Waals surface area contributed by atoms with Crippen LogP contribution in [0.1, 0.15) is 16.1 Å². The third-order valence-electron chi connectivity index (χ3n) is 2.98. The molecule has 2 rings (SSSR count). The molecule has 1 heterocycles. The average molecular weight is 348 g/mol. The Labute approximate surface area is 130 Å². The molecule has 10 heteroatoms. The smallest absolute Gasteiger partial charge is 0.431 e. The van der Waals surface area contributed by atoms with Crippen molar-refractivity contribution in [2.75, 3.05) is 0 Å². The Kier molecular flexibility index (Phi) is 4.58. The van der Waals surface area contributed by atoms with Crippen LogP contribution in [0.2, 0.25) is 0 Å². The number of hydrogen-bond acceptors (Lipinski definition) is 3. The summed E-state index contributed by atoms with van der Waals surface area (Å²) < 4.78 is 67.5. The molecule has 0 aliphatic carbocycles.